The molecule has 0 bridgehead atoms. The number of benzene rings is 3. The molecule has 1 aliphatic heterocycles. The molecular formula is C26H23FN2O4. The van der Waals surface area contributed by atoms with Gasteiger partial charge < -0.3 is 14.8 Å². The van der Waals surface area contributed by atoms with Crippen molar-refractivity contribution >= 4 is 23.1 Å². The lowest BCUT2D eigenvalue weighted by Crippen LogP contribution is -2.34. The van der Waals surface area contributed by atoms with Crippen molar-refractivity contribution < 1.29 is 23.5 Å². The maximum Gasteiger partial charge on any atom is 0.278 e. The molecule has 1 heterocycles. The summed E-state index contributed by atoms with van der Waals surface area (Å²) in [4.78, 5) is 27.8. The fourth-order valence-electron chi connectivity index (χ4n) is 3.63. The van der Waals surface area contributed by atoms with Crippen molar-refractivity contribution in [2.24, 2.45) is 0 Å². The molecule has 0 saturated heterocycles. The SMILES string of the molecule is COc1ccc(CCN2C(=O)C(Nc3ccc(OC)cc3)=C(c3ccc(F)cc3)C2=O)cc1. The molecular weight excluding hydrogens is 423 g/mol. The summed E-state index contributed by atoms with van der Waals surface area (Å²) in [5.41, 5.74) is 2.44. The first-order valence-corrected chi connectivity index (χ1v) is 10.4. The van der Waals surface area contributed by atoms with Crippen LogP contribution in [0.1, 0.15) is 11.1 Å². The van der Waals surface area contributed by atoms with Gasteiger partial charge in [0.2, 0.25) is 0 Å². The third-order valence-corrected chi connectivity index (χ3v) is 5.44. The van der Waals surface area contributed by atoms with Crippen LogP contribution in [0.2, 0.25) is 0 Å². The molecule has 33 heavy (non-hydrogen) atoms. The maximum atomic E-state index is 13.5. The van der Waals surface area contributed by atoms with Crippen molar-refractivity contribution in [1.29, 1.82) is 0 Å². The van der Waals surface area contributed by atoms with Crippen molar-refractivity contribution in [1.82, 2.24) is 4.90 Å². The van der Waals surface area contributed by atoms with Crippen LogP contribution in [0.25, 0.3) is 5.57 Å². The van der Waals surface area contributed by atoms with Crippen LogP contribution < -0.4 is 14.8 Å². The number of carbonyl (C=O) groups excluding carboxylic acids is 2. The Balaban J connectivity index is 1.61. The summed E-state index contributed by atoms with van der Waals surface area (Å²) >= 11 is 0. The molecule has 0 aromatic heterocycles. The van der Waals surface area contributed by atoms with Crippen LogP contribution in [0, 0.1) is 5.82 Å². The van der Waals surface area contributed by atoms with Gasteiger partial charge in [-0.25, -0.2) is 4.39 Å². The van der Waals surface area contributed by atoms with Gasteiger partial charge in [0, 0.05) is 12.2 Å². The molecule has 168 valence electrons. The molecule has 0 atom stereocenters. The topological polar surface area (TPSA) is 67.9 Å². The molecule has 0 saturated carbocycles. The average molecular weight is 446 g/mol. The van der Waals surface area contributed by atoms with Gasteiger partial charge in [0.15, 0.2) is 0 Å². The van der Waals surface area contributed by atoms with Crippen LogP contribution in [0.5, 0.6) is 11.5 Å². The number of carbonyl (C=O) groups is 2. The van der Waals surface area contributed by atoms with E-state index in [2.05, 4.69) is 5.32 Å². The predicted molar refractivity (Wildman–Crippen MR) is 123 cm³/mol. The second-order valence-electron chi connectivity index (χ2n) is 7.47. The number of hydrogen-bond acceptors (Lipinski definition) is 5. The number of halogens is 1. The van der Waals surface area contributed by atoms with E-state index in [9.17, 15) is 14.0 Å². The number of imide groups is 1. The molecule has 0 spiro atoms. The smallest absolute Gasteiger partial charge is 0.278 e. The van der Waals surface area contributed by atoms with Gasteiger partial charge in [-0.05, 0) is 66.1 Å². The maximum absolute atomic E-state index is 13.5. The monoisotopic (exact) mass is 446 g/mol. The largest absolute Gasteiger partial charge is 0.497 e. The molecule has 1 N–H and O–H groups in total. The molecule has 3 aromatic carbocycles. The zero-order chi connectivity index (χ0) is 23.4. The van der Waals surface area contributed by atoms with Crippen molar-refractivity contribution in [2.45, 2.75) is 6.42 Å². The van der Waals surface area contributed by atoms with Crippen LogP contribution in [0.4, 0.5) is 10.1 Å². The van der Waals surface area contributed by atoms with Gasteiger partial charge in [0.25, 0.3) is 11.8 Å². The molecule has 4 rings (SSSR count). The predicted octanol–water partition coefficient (Wildman–Crippen LogP) is 4.28. The van der Waals surface area contributed by atoms with Gasteiger partial charge in [-0.15, -0.1) is 0 Å². The Morgan fingerprint density at radius 1 is 0.788 bits per heavy atom. The minimum Gasteiger partial charge on any atom is -0.497 e. The minimum atomic E-state index is -0.427. The molecule has 3 aromatic rings. The molecule has 0 fully saturated rings. The highest BCUT2D eigenvalue weighted by Crippen LogP contribution is 2.31. The van der Waals surface area contributed by atoms with Crippen LogP contribution >= 0.6 is 0 Å². The highest BCUT2D eigenvalue weighted by molar-refractivity contribution is 6.36. The molecule has 1 aliphatic rings. The number of methoxy groups -OCH3 is 2. The Morgan fingerprint density at radius 2 is 1.36 bits per heavy atom. The van der Waals surface area contributed by atoms with E-state index in [0.29, 0.717) is 23.4 Å². The first kappa shape index (κ1) is 22.1. The van der Waals surface area contributed by atoms with Gasteiger partial charge in [0.05, 0.1) is 19.8 Å². The van der Waals surface area contributed by atoms with Gasteiger partial charge >= 0.3 is 0 Å². The van der Waals surface area contributed by atoms with Crippen LogP contribution in [0.15, 0.2) is 78.5 Å². The van der Waals surface area contributed by atoms with E-state index in [1.807, 2.05) is 24.3 Å². The van der Waals surface area contributed by atoms with Crippen molar-refractivity contribution in [3.05, 3.63) is 95.4 Å². The standard InChI is InChI=1S/C26H23FN2O4/c1-32-21-11-3-17(4-12-21)15-16-29-25(30)23(18-5-7-19(27)8-6-18)24(26(29)31)28-20-9-13-22(33-2)14-10-20/h3-14,28H,15-16H2,1-2H3. The zero-order valence-electron chi connectivity index (χ0n) is 18.3. The summed E-state index contributed by atoms with van der Waals surface area (Å²) in [6.07, 6.45) is 0.494. The molecule has 0 unspecified atom stereocenters. The van der Waals surface area contributed by atoms with Gasteiger partial charge in [-0.3, -0.25) is 14.5 Å². The molecule has 6 nitrogen and oxygen atoms in total. The van der Waals surface area contributed by atoms with Gasteiger partial charge in [-0.2, -0.15) is 0 Å². The number of nitrogens with zero attached hydrogens (tertiary/aromatic N) is 1. The minimum absolute atomic E-state index is 0.159. The van der Waals surface area contributed by atoms with Gasteiger partial charge in [-0.1, -0.05) is 24.3 Å². The highest BCUT2D eigenvalue weighted by Gasteiger charge is 2.39. The lowest BCUT2D eigenvalue weighted by molar-refractivity contribution is -0.136. The number of anilines is 1. The number of ether oxygens (including phenoxy) is 2. The summed E-state index contributed by atoms with van der Waals surface area (Å²) < 4.78 is 23.8. The van der Waals surface area contributed by atoms with E-state index in [-0.39, 0.29) is 17.8 Å². The first-order chi connectivity index (χ1) is 16.0. The van der Waals surface area contributed by atoms with E-state index >= 15 is 0 Å². The third kappa shape index (κ3) is 4.72. The molecule has 0 radical (unpaired) electrons. The normalized spacial score (nSPS) is 13.5. The second-order valence-corrected chi connectivity index (χ2v) is 7.47. The van der Waals surface area contributed by atoms with Crippen molar-refractivity contribution in [2.75, 3.05) is 26.1 Å². The lowest BCUT2D eigenvalue weighted by Gasteiger charge is -2.15. The number of nitrogens with one attached hydrogen (secondary N) is 1. The molecule has 2 amide bonds. The highest BCUT2D eigenvalue weighted by atomic mass is 19.1. The van der Waals surface area contributed by atoms with Crippen LogP contribution in [0.3, 0.4) is 0 Å². The number of hydrogen-bond donors (Lipinski definition) is 1. The van der Waals surface area contributed by atoms with Crippen molar-refractivity contribution in [3.63, 3.8) is 0 Å². The second kappa shape index (κ2) is 9.56. The summed E-state index contributed by atoms with van der Waals surface area (Å²) in [6.45, 7) is 0.211. The first-order valence-electron chi connectivity index (χ1n) is 10.4. The van der Waals surface area contributed by atoms with E-state index in [0.717, 1.165) is 11.3 Å². The Hall–Kier alpha value is -4.13. The van der Waals surface area contributed by atoms with E-state index in [4.69, 9.17) is 9.47 Å². The Labute approximate surface area is 191 Å². The molecule has 0 aliphatic carbocycles. The quantitative estimate of drug-likeness (QED) is 0.523. The van der Waals surface area contributed by atoms with E-state index in [1.165, 1.54) is 29.2 Å². The Morgan fingerprint density at radius 3 is 1.94 bits per heavy atom. The van der Waals surface area contributed by atoms with E-state index in [1.54, 1.807) is 38.5 Å². The fourth-order valence-corrected chi connectivity index (χ4v) is 3.63. The van der Waals surface area contributed by atoms with E-state index < -0.39 is 17.6 Å². The zero-order valence-corrected chi connectivity index (χ0v) is 18.3. The third-order valence-electron chi connectivity index (χ3n) is 5.44. The molecule has 7 heteroatoms. The summed E-state index contributed by atoms with van der Waals surface area (Å²) in [5, 5.41) is 3.08. The summed E-state index contributed by atoms with van der Waals surface area (Å²) in [5.74, 6) is 0.137. The number of rotatable bonds is 8. The lowest BCUT2D eigenvalue weighted by atomic mass is 10.0. The average Bonchev–Trinajstić information content (AvgIpc) is 3.08. The fraction of sp³-hybridized carbons (Fsp3) is 0.154. The van der Waals surface area contributed by atoms with Crippen molar-refractivity contribution in [3.8, 4) is 11.5 Å². The summed E-state index contributed by atoms with van der Waals surface area (Å²) in [7, 11) is 3.16. The van der Waals surface area contributed by atoms with Gasteiger partial charge in [0.1, 0.15) is 23.0 Å². The summed E-state index contributed by atoms with van der Waals surface area (Å²) in [6, 6.07) is 20.0. The van der Waals surface area contributed by atoms with Crippen LogP contribution in [-0.2, 0) is 16.0 Å². The van der Waals surface area contributed by atoms with Crippen LogP contribution in [-0.4, -0.2) is 37.5 Å². The number of amides is 2. The Kier molecular flexibility index (Phi) is 6.40. The Bertz CT molecular complexity index is 1190.